The molecule has 2 atom stereocenters. The number of carbonyl (C=O) groups excluding carboxylic acids is 2. The van der Waals surface area contributed by atoms with Crippen molar-refractivity contribution in [3.05, 3.63) is 70.2 Å². The summed E-state index contributed by atoms with van der Waals surface area (Å²) < 4.78 is 5.50. The second-order valence-corrected chi connectivity index (χ2v) is 8.91. The van der Waals surface area contributed by atoms with E-state index in [-0.39, 0.29) is 23.8 Å². The molecule has 0 radical (unpaired) electrons. The standard InChI is InChI=1S/C25H32ClN3O3/c1-17(2)23(28-24(30)21-7-5-4-6-18(21)3)25(31)27-16-22(29-12-14-32-15-13-29)19-8-10-20(26)11-9-19/h4-11,17,22-23H,12-16H2,1-3H3,(H,27,31)(H,28,30). The maximum Gasteiger partial charge on any atom is 0.252 e. The fraction of sp³-hybridized carbons (Fsp3) is 0.440. The Morgan fingerprint density at radius 1 is 1.06 bits per heavy atom. The van der Waals surface area contributed by atoms with Crippen LogP contribution in [0.25, 0.3) is 0 Å². The van der Waals surface area contributed by atoms with E-state index >= 15 is 0 Å². The number of hydrogen-bond acceptors (Lipinski definition) is 4. The third-order valence-corrected chi connectivity index (χ3v) is 6.09. The number of amides is 2. The lowest BCUT2D eigenvalue weighted by Crippen LogP contribution is -2.52. The van der Waals surface area contributed by atoms with Crippen molar-refractivity contribution in [1.82, 2.24) is 15.5 Å². The van der Waals surface area contributed by atoms with Gasteiger partial charge >= 0.3 is 0 Å². The van der Waals surface area contributed by atoms with Crippen LogP contribution in [-0.4, -0.2) is 55.6 Å². The molecule has 1 aliphatic rings. The third-order valence-electron chi connectivity index (χ3n) is 5.84. The first-order valence-corrected chi connectivity index (χ1v) is 11.5. The van der Waals surface area contributed by atoms with E-state index in [1.807, 2.05) is 63.2 Å². The molecule has 32 heavy (non-hydrogen) atoms. The van der Waals surface area contributed by atoms with Crippen molar-refractivity contribution in [2.24, 2.45) is 5.92 Å². The number of ether oxygens (including phenoxy) is 1. The fourth-order valence-electron chi connectivity index (χ4n) is 3.92. The summed E-state index contributed by atoms with van der Waals surface area (Å²) >= 11 is 6.07. The number of benzene rings is 2. The Morgan fingerprint density at radius 3 is 2.34 bits per heavy atom. The maximum atomic E-state index is 13.1. The number of morpholine rings is 1. The van der Waals surface area contributed by atoms with E-state index in [4.69, 9.17) is 16.3 Å². The Kier molecular flexibility index (Phi) is 8.67. The van der Waals surface area contributed by atoms with Crippen LogP contribution in [0, 0.1) is 12.8 Å². The van der Waals surface area contributed by atoms with Crippen molar-refractivity contribution in [2.75, 3.05) is 32.8 Å². The molecule has 2 N–H and O–H groups in total. The average molecular weight is 458 g/mol. The smallest absolute Gasteiger partial charge is 0.252 e. The van der Waals surface area contributed by atoms with Crippen LogP contribution in [0.4, 0.5) is 0 Å². The Morgan fingerprint density at radius 2 is 1.72 bits per heavy atom. The van der Waals surface area contributed by atoms with Gasteiger partial charge < -0.3 is 15.4 Å². The molecule has 2 aromatic rings. The molecule has 0 aromatic heterocycles. The van der Waals surface area contributed by atoms with Gasteiger partial charge in [0.2, 0.25) is 5.91 Å². The van der Waals surface area contributed by atoms with Crippen LogP contribution in [0.15, 0.2) is 48.5 Å². The number of hydrogen-bond donors (Lipinski definition) is 2. The second kappa shape index (κ2) is 11.5. The molecule has 1 aliphatic heterocycles. The lowest BCUT2D eigenvalue weighted by molar-refractivity contribution is -0.124. The van der Waals surface area contributed by atoms with Gasteiger partial charge in [-0.2, -0.15) is 0 Å². The van der Waals surface area contributed by atoms with Crippen LogP contribution in [-0.2, 0) is 9.53 Å². The van der Waals surface area contributed by atoms with Gasteiger partial charge in [-0.1, -0.05) is 55.8 Å². The Balaban J connectivity index is 1.70. The molecule has 3 rings (SSSR count). The van der Waals surface area contributed by atoms with Gasteiger partial charge in [0.05, 0.1) is 19.3 Å². The minimum Gasteiger partial charge on any atom is -0.379 e. The number of halogens is 1. The van der Waals surface area contributed by atoms with E-state index in [1.54, 1.807) is 6.07 Å². The molecule has 2 aromatic carbocycles. The van der Waals surface area contributed by atoms with E-state index < -0.39 is 6.04 Å². The minimum absolute atomic E-state index is 0.00000164. The van der Waals surface area contributed by atoms with E-state index in [0.717, 1.165) is 24.2 Å². The quantitative estimate of drug-likeness (QED) is 0.635. The third kappa shape index (κ3) is 6.31. The Labute approximate surface area is 195 Å². The van der Waals surface area contributed by atoms with Crippen molar-refractivity contribution in [3.8, 4) is 0 Å². The van der Waals surface area contributed by atoms with Crippen LogP contribution in [0.3, 0.4) is 0 Å². The SMILES string of the molecule is Cc1ccccc1C(=O)NC(C(=O)NCC(c1ccc(Cl)cc1)N1CCOCC1)C(C)C. The molecular formula is C25H32ClN3O3. The topological polar surface area (TPSA) is 70.7 Å². The molecular weight excluding hydrogens is 426 g/mol. The van der Waals surface area contributed by atoms with Crippen LogP contribution in [0.2, 0.25) is 5.02 Å². The van der Waals surface area contributed by atoms with Crippen molar-refractivity contribution in [1.29, 1.82) is 0 Å². The Hall–Kier alpha value is -2.41. The zero-order chi connectivity index (χ0) is 23.1. The van der Waals surface area contributed by atoms with Crippen LogP contribution in [0.1, 0.15) is 41.4 Å². The predicted molar refractivity (Wildman–Crippen MR) is 127 cm³/mol. The first-order chi connectivity index (χ1) is 15.4. The summed E-state index contributed by atoms with van der Waals surface area (Å²) in [7, 11) is 0. The largest absolute Gasteiger partial charge is 0.379 e. The number of nitrogens with one attached hydrogen (secondary N) is 2. The number of carbonyl (C=O) groups is 2. The lowest BCUT2D eigenvalue weighted by Gasteiger charge is -2.35. The van der Waals surface area contributed by atoms with Gasteiger partial charge in [-0.25, -0.2) is 0 Å². The fourth-order valence-corrected chi connectivity index (χ4v) is 4.05. The van der Waals surface area contributed by atoms with Gasteiger partial charge in [0.1, 0.15) is 6.04 Å². The highest BCUT2D eigenvalue weighted by Crippen LogP contribution is 2.23. The molecule has 172 valence electrons. The summed E-state index contributed by atoms with van der Waals surface area (Å²) in [5.74, 6) is -0.478. The molecule has 1 fully saturated rings. The van der Waals surface area contributed by atoms with Gasteiger partial charge in [0.15, 0.2) is 0 Å². The van der Waals surface area contributed by atoms with Gasteiger partial charge in [-0.05, 0) is 42.2 Å². The summed E-state index contributed by atoms with van der Waals surface area (Å²) in [5, 5.41) is 6.68. The molecule has 0 aliphatic carbocycles. The van der Waals surface area contributed by atoms with Crippen molar-refractivity contribution in [3.63, 3.8) is 0 Å². The molecule has 7 heteroatoms. The minimum atomic E-state index is -0.627. The molecule has 2 unspecified atom stereocenters. The van der Waals surface area contributed by atoms with Crippen LogP contribution in [0.5, 0.6) is 0 Å². The lowest BCUT2D eigenvalue weighted by atomic mass is 10.0. The average Bonchev–Trinajstić information content (AvgIpc) is 2.79. The van der Waals surface area contributed by atoms with Gasteiger partial charge in [0.25, 0.3) is 5.91 Å². The summed E-state index contributed by atoms with van der Waals surface area (Å²) in [5.41, 5.74) is 2.54. The molecule has 6 nitrogen and oxygen atoms in total. The van der Waals surface area contributed by atoms with Crippen molar-refractivity contribution in [2.45, 2.75) is 32.9 Å². The van der Waals surface area contributed by atoms with E-state index in [1.165, 1.54) is 0 Å². The number of aryl methyl sites for hydroxylation is 1. The maximum absolute atomic E-state index is 13.1. The molecule has 0 saturated carbocycles. The van der Waals surface area contributed by atoms with Gasteiger partial charge in [0, 0.05) is 30.2 Å². The zero-order valence-electron chi connectivity index (χ0n) is 18.9. The number of rotatable bonds is 8. The predicted octanol–water partition coefficient (Wildman–Crippen LogP) is 3.59. The highest BCUT2D eigenvalue weighted by Gasteiger charge is 2.28. The first-order valence-electron chi connectivity index (χ1n) is 11.1. The van der Waals surface area contributed by atoms with Crippen molar-refractivity contribution < 1.29 is 14.3 Å². The highest BCUT2D eigenvalue weighted by atomic mass is 35.5. The Bertz CT molecular complexity index is 911. The summed E-state index contributed by atoms with van der Waals surface area (Å²) in [6.45, 7) is 9.10. The van der Waals surface area contributed by atoms with Crippen LogP contribution >= 0.6 is 11.6 Å². The van der Waals surface area contributed by atoms with Gasteiger partial charge in [-0.3, -0.25) is 14.5 Å². The summed E-state index contributed by atoms with van der Waals surface area (Å²) in [6, 6.07) is 14.5. The molecule has 0 bridgehead atoms. The monoisotopic (exact) mass is 457 g/mol. The molecule has 0 spiro atoms. The van der Waals surface area contributed by atoms with Crippen LogP contribution < -0.4 is 10.6 Å². The van der Waals surface area contributed by atoms with E-state index in [2.05, 4.69) is 15.5 Å². The second-order valence-electron chi connectivity index (χ2n) is 8.47. The van der Waals surface area contributed by atoms with Gasteiger partial charge in [-0.15, -0.1) is 0 Å². The molecule has 1 saturated heterocycles. The zero-order valence-corrected chi connectivity index (χ0v) is 19.7. The number of nitrogens with zero attached hydrogens (tertiary/aromatic N) is 1. The van der Waals surface area contributed by atoms with E-state index in [9.17, 15) is 9.59 Å². The summed E-state index contributed by atoms with van der Waals surface area (Å²) in [6.07, 6.45) is 0. The highest BCUT2D eigenvalue weighted by molar-refractivity contribution is 6.30. The normalized spacial score (nSPS) is 16.4. The van der Waals surface area contributed by atoms with E-state index in [0.29, 0.717) is 30.3 Å². The van der Waals surface area contributed by atoms with Crippen molar-refractivity contribution >= 4 is 23.4 Å². The summed E-state index contributed by atoms with van der Waals surface area (Å²) in [4.78, 5) is 28.2. The molecule has 1 heterocycles. The first kappa shape index (κ1) is 24.2. The molecule has 2 amide bonds.